The minimum absolute atomic E-state index is 0.217. The first-order valence-electron chi connectivity index (χ1n) is 6.65. The van der Waals surface area contributed by atoms with E-state index in [2.05, 4.69) is 10.0 Å². The van der Waals surface area contributed by atoms with Crippen molar-refractivity contribution in [2.75, 3.05) is 11.3 Å². The first kappa shape index (κ1) is 14.0. The van der Waals surface area contributed by atoms with E-state index in [-0.39, 0.29) is 4.90 Å². The molecule has 1 aliphatic rings. The number of nitrogens with one attached hydrogen (secondary N) is 2. The van der Waals surface area contributed by atoms with Gasteiger partial charge in [0.25, 0.3) is 10.0 Å². The monoisotopic (exact) mass is 306 g/mol. The molecule has 3 rings (SSSR count). The normalized spacial score (nSPS) is 14.5. The van der Waals surface area contributed by atoms with Crippen molar-refractivity contribution in [3.8, 4) is 0 Å². The maximum absolute atomic E-state index is 12.8. The van der Waals surface area contributed by atoms with Gasteiger partial charge in [-0.1, -0.05) is 6.07 Å². The predicted octanol–water partition coefficient (Wildman–Crippen LogP) is 2.27. The number of hydrogen-bond donors (Lipinski definition) is 2. The SMILES string of the molecule is O=S(=O)(Nc1ccc(F)cc1)c1ccc2c(c1)CNCC2. The molecule has 1 aliphatic heterocycles. The summed E-state index contributed by atoms with van der Waals surface area (Å²) in [6.45, 7) is 1.59. The summed E-state index contributed by atoms with van der Waals surface area (Å²) in [4.78, 5) is 0.217. The molecule has 0 aliphatic carbocycles. The molecule has 110 valence electrons. The highest BCUT2D eigenvalue weighted by Crippen LogP contribution is 2.21. The molecule has 0 spiro atoms. The molecule has 0 aromatic heterocycles. The van der Waals surface area contributed by atoms with Gasteiger partial charge in [-0.05, 0) is 60.5 Å². The summed E-state index contributed by atoms with van der Waals surface area (Å²) in [5.41, 5.74) is 2.52. The van der Waals surface area contributed by atoms with Crippen molar-refractivity contribution in [2.45, 2.75) is 17.9 Å². The average molecular weight is 306 g/mol. The molecule has 4 nitrogen and oxygen atoms in total. The smallest absolute Gasteiger partial charge is 0.261 e. The Morgan fingerprint density at radius 1 is 1.05 bits per heavy atom. The molecule has 0 bridgehead atoms. The van der Waals surface area contributed by atoms with Gasteiger partial charge in [0.05, 0.1) is 4.90 Å². The van der Waals surface area contributed by atoms with Gasteiger partial charge in [0.2, 0.25) is 0 Å². The Balaban J connectivity index is 1.89. The van der Waals surface area contributed by atoms with E-state index in [1.807, 2.05) is 6.07 Å². The van der Waals surface area contributed by atoms with Crippen LogP contribution in [-0.4, -0.2) is 15.0 Å². The molecule has 0 fully saturated rings. The second-order valence-electron chi connectivity index (χ2n) is 4.97. The second kappa shape index (κ2) is 5.46. The number of anilines is 1. The highest BCUT2D eigenvalue weighted by atomic mass is 32.2. The third-order valence-electron chi connectivity index (χ3n) is 3.47. The zero-order valence-corrected chi connectivity index (χ0v) is 12.1. The molecule has 2 aromatic rings. The molecule has 21 heavy (non-hydrogen) atoms. The van der Waals surface area contributed by atoms with Crippen LogP contribution < -0.4 is 10.0 Å². The minimum atomic E-state index is -3.66. The summed E-state index contributed by atoms with van der Waals surface area (Å²) in [5, 5.41) is 3.22. The van der Waals surface area contributed by atoms with Crippen molar-refractivity contribution in [3.05, 3.63) is 59.4 Å². The minimum Gasteiger partial charge on any atom is -0.312 e. The Bertz CT molecular complexity index is 758. The lowest BCUT2D eigenvalue weighted by Gasteiger charge is -2.18. The fraction of sp³-hybridized carbons (Fsp3) is 0.200. The van der Waals surface area contributed by atoms with Crippen LogP contribution in [0, 0.1) is 5.82 Å². The Labute approximate surface area is 123 Å². The van der Waals surface area contributed by atoms with Crippen LogP contribution in [0.1, 0.15) is 11.1 Å². The summed E-state index contributed by atoms with van der Waals surface area (Å²) in [6.07, 6.45) is 0.904. The number of rotatable bonds is 3. The molecule has 2 N–H and O–H groups in total. The van der Waals surface area contributed by atoms with Gasteiger partial charge in [-0.25, -0.2) is 12.8 Å². The van der Waals surface area contributed by atoms with E-state index >= 15 is 0 Å². The van der Waals surface area contributed by atoms with Crippen LogP contribution in [0.25, 0.3) is 0 Å². The number of benzene rings is 2. The number of sulfonamides is 1. The molecule has 1 heterocycles. The zero-order valence-electron chi connectivity index (χ0n) is 11.3. The van der Waals surface area contributed by atoms with Crippen LogP contribution in [0.2, 0.25) is 0 Å². The average Bonchev–Trinajstić information content (AvgIpc) is 2.49. The van der Waals surface area contributed by atoms with Crippen molar-refractivity contribution in [3.63, 3.8) is 0 Å². The van der Waals surface area contributed by atoms with E-state index in [9.17, 15) is 12.8 Å². The molecule has 0 unspecified atom stereocenters. The molecule has 0 amide bonds. The van der Waals surface area contributed by atoms with Gasteiger partial charge >= 0.3 is 0 Å². The summed E-state index contributed by atoms with van der Waals surface area (Å²) in [7, 11) is -3.66. The van der Waals surface area contributed by atoms with E-state index in [4.69, 9.17) is 0 Å². The van der Waals surface area contributed by atoms with Crippen LogP contribution in [0.4, 0.5) is 10.1 Å². The second-order valence-corrected chi connectivity index (χ2v) is 6.65. The lowest BCUT2D eigenvalue weighted by Crippen LogP contribution is -2.24. The molecule has 0 saturated carbocycles. The molecular formula is C15H15FN2O2S. The summed E-state index contributed by atoms with van der Waals surface area (Å²) in [5.74, 6) is -0.405. The van der Waals surface area contributed by atoms with Crippen LogP contribution in [0.5, 0.6) is 0 Å². The van der Waals surface area contributed by atoms with Gasteiger partial charge in [0.15, 0.2) is 0 Å². The first-order chi connectivity index (χ1) is 10.0. The van der Waals surface area contributed by atoms with Crippen LogP contribution in [0.3, 0.4) is 0 Å². The highest BCUT2D eigenvalue weighted by Gasteiger charge is 2.17. The quantitative estimate of drug-likeness (QED) is 0.914. The Hall–Kier alpha value is -1.92. The molecule has 2 aromatic carbocycles. The maximum Gasteiger partial charge on any atom is 0.261 e. The van der Waals surface area contributed by atoms with E-state index in [1.165, 1.54) is 29.8 Å². The van der Waals surface area contributed by atoms with E-state index < -0.39 is 15.8 Å². The Kier molecular flexibility index (Phi) is 3.65. The third-order valence-corrected chi connectivity index (χ3v) is 4.85. The first-order valence-corrected chi connectivity index (χ1v) is 8.14. The maximum atomic E-state index is 12.8. The van der Waals surface area contributed by atoms with Crippen molar-refractivity contribution < 1.29 is 12.8 Å². The van der Waals surface area contributed by atoms with Gasteiger partial charge in [-0.3, -0.25) is 4.72 Å². The van der Waals surface area contributed by atoms with Crippen molar-refractivity contribution in [2.24, 2.45) is 0 Å². The molecular weight excluding hydrogens is 291 g/mol. The number of hydrogen-bond acceptors (Lipinski definition) is 3. The Morgan fingerprint density at radius 3 is 2.57 bits per heavy atom. The zero-order chi connectivity index (χ0) is 14.9. The summed E-state index contributed by atoms with van der Waals surface area (Å²) in [6, 6.07) is 10.4. The lowest BCUT2D eigenvalue weighted by atomic mass is 10.0. The molecule has 6 heteroatoms. The molecule has 0 atom stereocenters. The van der Waals surface area contributed by atoms with Gasteiger partial charge in [0, 0.05) is 12.2 Å². The van der Waals surface area contributed by atoms with Crippen molar-refractivity contribution in [1.29, 1.82) is 0 Å². The summed E-state index contributed by atoms with van der Waals surface area (Å²) >= 11 is 0. The van der Waals surface area contributed by atoms with Crippen molar-refractivity contribution in [1.82, 2.24) is 5.32 Å². The van der Waals surface area contributed by atoms with Crippen LogP contribution in [0.15, 0.2) is 47.4 Å². The fourth-order valence-electron chi connectivity index (χ4n) is 2.36. The third kappa shape index (κ3) is 3.06. The van der Waals surface area contributed by atoms with Gasteiger partial charge in [-0.2, -0.15) is 0 Å². The van der Waals surface area contributed by atoms with E-state index in [0.717, 1.165) is 18.5 Å². The topological polar surface area (TPSA) is 58.2 Å². The number of halogens is 1. The molecule has 0 radical (unpaired) electrons. The lowest BCUT2D eigenvalue weighted by molar-refractivity contribution is 0.599. The summed E-state index contributed by atoms with van der Waals surface area (Å²) < 4.78 is 40.0. The number of fused-ring (bicyclic) bond motifs is 1. The Morgan fingerprint density at radius 2 is 1.81 bits per heavy atom. The van der Waals surface area contributed by atoms with E-state index in [0.29, 0.717) is 12.2 Å². The predicted molar refractivity (Wildman–Crippen MR) is 79.1 cm³/mol. The van der Waals surface area contributed by atoms with Crippen LogP contribution in [-0.2, 0) is 23.0 Å². The van der Waals surface area contributed by atoms with Crippen molar-refractivity contribution >= 4 is 15.7 Å². The standard InChI is InChI=1S/C15H15FN2O2S/c16-13-2-4-14(5-3-13)18-21(19,20)15-6-1-11-7-8-17-10-12(11)9-15/h1-6,9,17-18H,7-8,10H2. The van der Waals surface area contributed by atoms with E-state index in [1.54, 1.807) is 12.1 Å². The molecule has 0 saturated heterocycles. The fourth-order valence-corrected chi connectivity index (χ4v) is 3.46. The van der Waals surface area contributed by atoms with Crippen LogP contribution >= 0.6 is 0 Å². The highest BCUT2D eigenvalue weighted by molar-refractivity contribution is 7.92. The van der Waals surface area contributed by atoms with Gasteiger partial charge < -0.3 is 5.32 Å². The van der Waals surface area contributed by atoms with Gasteiger partial charge in [-0.15, -0.1) is 0 Å². The van der Waals surface area contributed by atoms with Gasteiger partial charge in [0.1, 0.15) is 5.82 Å². The largest absolute Gasteiger partial charge is 0.312 e.